The Morgan fingerprint density at radius 3 is 2.52 bits per heavy atom. The predicted octanol–water partition coefficient (Wildman–Crippen LogP) is 0.773. The van der Waals surface area contributed by atoms with Crippen molar-refractivity contribution in [1.82, 2.24) is 4.90 Å². The van der Waals surface area contributed by atoms with Gasteiger partial charge in [-0.05, 0) is 33.0 Å². The van der Waals surface area contributed by atoms with Crippen LogP contribution in [-0.2, 0) is 18.9 Å². The fourth-order valence-electron chi connectivity index (χ4n) is 2.38. The number of aliphatic hydroxyl groups is 1. The molecule has 1 aliphatic rings. The normalized spacial score (nSPS) is 27.9. The zero-order valence-electron chi connectivity index (χ0n) is 14.1. The first-order chi connectivity index (χ1) is 11.1. The number of nitrogens with zero attached hydrogens (tertiary/aromatic N) is 4. The van der Waals surface area contributed by atoms with Crippen molar-refractivity contribution < 1.29 is 24.1 Å². The molecule has 0 spiro atoms. The summed E-state index contributed by atoms with van der Waals surface area (Å²) in [5.41, 5.74) is 8.09. The van der Waals surface area contributed by atoms with Gasteiger partial charge in [-0.25, -0.2) is 0 Å². The van der Waals surface area contributed by atoms with Crippen molar-refractivity contribution in [1.29, 1.82) is 0 Å². The molecule has 0 bridgehead atoms. The lowest BCUT2D eigenvalue weighted by Crippen LogP contribution is -2.54. The van der Waals surface area contributed by atoms with E-state index in [1.165, 1.54) is 0 Å². The highest BCUT2D eigenvalue weighted by Crippen LogP contribution is 2.23. The third-order valence-corrected chi connectivity index (χ3v) is 3.56. The molecule has 1 rings (SSSR count). The van der Waals surface area contributed by atoms with E-state index in [-0.39, 0.29) is 12.1 Å². The molecule has 23 heavy (non-hydrogen) atoms. The average molecular weight is 332 g/mol. The molecule has 1 fully saturated rings. The minimum Gasteiger partial charge on any atom is -0.386 e. The highest BCUT2D eigenvalue weighted by atomic mass is 16.7. The lowest BCUT2D eigenvalue weighted by Gasteiger charge is -2.40. The van der Waals surface area contributed by atoms with E-state index in [0.29, 0.717) is 39.6 Å². The fourth-order valence-corrected chi connectivity index (χ4v) is 2.38. The van der Waals surface area contributed by atoms with Crippen LogP contribution in [0.25, 0.3) is 10.4 Å². The lowest BCUT2D eigenvalue weighted by molar-refractivity contribution is -0.255. The highest BCUT2D eigenvalue weighted by Gasteiger charge is 2.37. The van der Waals surface area contributed by atoms with Gasteiger partial charge < -0.3 is 29.0 Å². The Balaban J connectivity index is 2.09. The van der Waals surface area contributed by atoms with E-state index in [2.05, 4.69) is 10.0 Å². The predicted molar refractivity (Wildman–Crippen MR) is 84.0 cm³/mol. The Labute approximate surface area is 137 Å². The Morgan fingerprint density at radius 1 is 1.22 bits per heavy atom. The van der Waals surface area contributed by atoms with E-state index in [4.69, 9.17) is 24.5 Å². The standard InChI is InChI=1S/C14H28N4O5/c1-11-10-12(18(2)3)13(19)14(23-11)22-9-8-21-7-6-20-5-4-16-17-15/h11-14,19H,4-10H2,1-3H3. The van der Waals surface area contributed by atoms with Crippen molar-refractivity contribution in [3.05, 3.63) is 10.4 Å². The number of azide groups is 1. The van der Waals surface area contributed by atoms with Crippen LogP contribution in [0.2, 0.25) is 0 Å². The molecule has 1 heterocycles. The van der Waals surface area contributed by atoms with Gasteiger partial charge in [0.05, 0.1) is 39.1 Å². The number of hydrogen-bond donors (Lipinski definition) is 1. The molecule has 0 aromatic carbocycles. The molecule has 0 radical (unpaired) electrons. The molecule has 0 aromatic rings. The number of likely N-dealkylation sites (N-methyl/N-ethyl adjacent to an activating group) is 1. The molecule has 9 nitrogen and oxygen atoms in total. The van der Waals surface area contributed by atoms with E-state index >= 15 is 0 Å². The molecule has 0 amide bonds. The number of aliphatic hydroxyl groups excluding tert-OH is 1. The van der Waals surface area contributed by atoms with Gasteiger partial charge in [-0.1, -0.05) is 5.11 Å². The monoisotopic (exact) mass is 332 g/mol. The van der Waals surface area contributed by atoms with Crippen LogP contribution in [0, 0.1) is 0 Å². The second kappa shape index (κ2) is 11.6. The molecule has 1 saturated heterocycles. The maximum atomic E-state index is 10.3. The Bertz CT molecular complexity index is 365. The third-order valence-electron chi connectivity index (χ3n) is 3.56. The zero-order chi connectivity index (χ0) is 17.1. The van der Waals surface area contributed by atoms with Crippen LogP contribution in [0.3, 0.4) is 0 Å². The summed E-state index contributed by atoms with van der Waals surface area (Å²) in [5, 5.41) is 13.6. The molecule has 4 unspecified atom stereocenters. The summed E-state index contributed by atoms with van der Waals surface area (Å²) < 4.78 is 21.8. The first-order valence-electron chi connectivity index (χ1n) is 7.84. The van der Waals surface area contributed by atoms with Crippen molar-refractivity contribution in [2.24, 2.45) is 5.11 Å². The molecule has 9 heteroatoms. The second-order valence-corrected chi connectivity index (χ2v) is 5.62. The first kappa shape index (κ1) is 20.1. The summed E-state index contributed by atoms with van der Waals surface area (Å²) in [6.07, 6.45) is -0.487. The van der Waals surface area contributed by atoms with E-state index < -0.39 is 12.4 Å². The van der Waals surface area contributed by atoms with Gasteiger partial charge in [0.15, 0.2) is 6.29 Å². The molecule has 1 aliphatic heterocycles. The van der Waals surface area contributed by atoms with Crippen molar-refractivity contribution in [3.8, 4) is 0 Å². The Morgan fingerprint density at radius 2 is 1.87 bits per heavy atom. The van der Waals surface area contributed by atoms with Crippen molar-refractivity contribution >= 4 is 0 Å². The van der Waals surface area contributed by atoms with Gasteiger partial charge in [-0.15, -0.1) is 0 Å². The van der Waals surface area contributed by atoms with E-state index in [1.807, 2.05) is 25.9 Å². The zero-order valence-corrected chi connectivity index (χ0v) is 14.1. The number of ether oxygens (including phenoxy) is 4. The maximum Gasteiger partial charge on any atom is 0.185 e. The Hall–Kier alpha value is -0.930. The van der Waals surface area contributed by atoms with Crippen LogP contribution in [0.5, 0.6) is 0 Å². The van der Waals surface area contributed by atoms with Crippen LogP contribution in [0.15, 0.2) is 5.11 Å². The first-order valence-corrected chi connectivity index (χ1v) is 7.84. The van der Waals surface area contributed by atoms with E-state index in [9.17, 15) is 5.11 Å². The molecule has 134 valence electrons. The fraction of sp³-hybridized carbons (Fsp3) is 1.00. The lowest BCUT2D eigenvalue weighted by atomic mass is 9.99. The van der Waals surface area contributed by atoms with Gasteiger partial charge in [-0.2, -0.15) is 0 Å². The summed E-state index contributed by atoms with van der Waals surface area (Å²) in [4.78, 5) is 4.62. The largest absolute Gasteiger partial charge is 0.386 e. The number of rotatable bonds is 11. The smallest absolute Gasteiger partial charge is 0.185 e. The number of hydrogen-bond acceptors (Lipinski definition) is 7. The van der Waals surface area contributed by atoms with Gasteiger partial charge in [0.2, 0.25) is 0 Å². The summed E-state index contributed by atoms with van der Waals surface area (Å²) in [6, 6.07) is 0.0224. The summed E-state index contributed by atoms with van der Waals surface area (Å²) in [6.45, 7) is 4.29. The molecule has 0 aliphatic carbocycles. The van der Waals surface area contributed by atoms with E-state index in [1.54, 1.807) is 0 Å². The van der Waals surface area contributed by atoms with Gasteiger partial charge in [0, 0.05) is 17.5 Å². The minimum absolute atomic E-state index is 0.0224. The van der Waals surface area contributed by atoms with Crippen LogP contribution >= 0.6 is 0 Å². The van der Waals surface area contributed by atoms with Crippen molar-refractivity contribution in [2.75, 3.05) is 53.7 Å². The van der Waals surface area contributed by atoms with Crippen molar-refractivity contribution in [2.45, 2.75) is 37.9 Å². The van der Waals surface area contributed by atoms with Crippen LogP contribution in [0.1, 0.15) is 13.3 Å². The van der Waals surface area contributed by atoms with Gasteiger partial charge in [0.25, 0.3) is 0 Å². The summed E-state index contributed by atoms with van der Waals surface area (Å²) >= 11 is 0. The second-order valence-electron chi connectivity index (χ2n) is 5.62. The average Bonchev–Trinajstić information content (AvgIpc) is 2.51. The van der Waals surface area contributed by atoms with E-state index in [0.717, 1.165) is 6.42 Å². The SMILES string of the molecule is CC1CC(N(C)C)C(O)C(OCCOCCOCCN=[N+]=[N-])O1. The van der Waals surface area contributed by atoms with Gasteiger partial charge >= 0.3 is 0 Å². The molecule has 0 aromatic heterocycles. The van der Waals surface area contributed by atoms with Gasteiger partial charge in [-0.3, -0.25) is 0 Å². The quantitative estimate of drug-likeness (QED) is 0.259. The summed E-state index contributed by atoms with van der Waals surface area (Å²) in [7, 11) is 3.88. The van der Waals surface area contributed by atoms with Crippen LogP contribution in [-0.4, -0.2) is 88.2 Å². The third kappa shape index (κ3) is 7.94. The van der Waals surface area contributed by atoms with Crippen LogP contribution in [0.4, 0.5) is 0 Å². The highest BCUT2D eigenvalue weighted by molar-refractivity contribution is 4.85. The molecule has 1 N–H and O–H groups in total. The topological polar surface area (TPSA) is 109 Å². The maximum absolute atomic E-state index is 10.3. The summed E-state index contributed by atoms with van der Waals surface area (Å²) in [5.74, 6) is 0. The molecule has 0 saturated carbocycles. The minimum atomic E-state index is -0.676. The molecular formula is C14H28N4O5. The molecular weight excluding hydrogens is 304 g/mol. The van der Waals surface area contributed by atoms with Crippen molar-refractivity contribution in [3.63, 3.8) is 0 Å². The Kier molecular flexibility index (Phi) is 10.1. The van der Waals surface area contributed by atoms with Gasteiger partial charge in [0.1, 0.15) is 6.10 Å². The van der Waals surface area contributed by atoms with Crippen LogP contribution < -0.4 is 0 Å². The molecule has 4 atom stereocenters.